The second-order valence-electron chi connectivity index (χ2n) is 8.31. The van der Waals surface area contributed by atoms with E-state index in [1.807, 2.05) is 32.2 Å². The lowest BCUT2D eigenvalue weighted by atomic mass is 10.0. The fourth-order valence-electron chi connectivity index (χ4n) is 4.07. The van der Waals surface area contributed by atoms with E-state index in [2.05, 4.69) is 20.2 Å². The van der Waals surface area contributed by atoms with Crippen LogP contribution < -0.4 is 0 Å². The maximum atomic E-state index is 13.3. The molecule has 1 unspecified atom stereocenters. The Kier molecular flexibility index (Phi) is 4.49. The van der Waals surface area contributed by atoms with Crippen LogP contribution in [0.1, 0.15) is 35.4 Å². The summed E-state index contributed by atoms with van der Waals surface area (Å²) in [6, 6.07) is 7.01. The summed E-state index contributed by atoms with van der Waals surface area (Å²) in [7, 11) is 1.81. The van der Waals surface area contributed by atoms with Crippen LogP contribution in [0.4, 0.5) is 0 Å². The van der Waals surface area contributed by atoms with E-state index in [-0.39, 0.29) is 17.9 Å². The number of hydrogen-bond acceptors (Lipinski definition) is 5. The number of piperazine rings is 1. The van der Waals surface area contributed by atoms with Crippen molar-refractivity contribution in [3.63, 3.8) is 0 Å². The van der Waals surface area contributed by atoms with Gasteiger partial charge in [-0.05, 0) is 37.5 Å². The summed E-state index contributed by atoms with van der Waals surface area (Å²) >= 11 is 0. The zero-order valence-electron chi connectivity index (χ0n) is 17.1. The molecule has 0 bridgehead atoms. The van der Waals surface area contributed by atoms with Gasteiger partial charge in [-0.1, -0.05) is 18.9 Å². The molecule has 1 saturated heterocycles. The number of hydrogen-bond donors (Lipinski definition) is 1. The number of amides is 2. The van der Waals surface area contributed by atoms with Crippen LogP contribution in [-0.4, -0.2) is 68.0 Å². The van der Waals surface area contributed by atoms with Crippen LogP contribution >= 0.6 is 0 Å². The average Bonchev–Trinajstić information content (AvgIpc) is 3.52. The molecule has 1 atom stereocenters. The fraction of sp³-hybridized carbons (Fsp3) is 0.409. The molecule has 0 spiro atoms. The van der Waals surface area contributed by atoms with E-state index >= 15 is 0 Å². The topological polar surface area (TPSA) is 95.1 Å². The van der Waals surface area contributed by atoms with Crippen molar-refractivity contribution in [3.8, 4) is 11.3 Å². The highest BCUT2D eigenvalue weighted by atomic mass is 16.2. The van der Waals surface area contributed by atoms with Crippen molar-refractivity contribution in [2.45, 2.75) is 32.2 Å². The number of aromatic nitrogens is 4. The third kappa shape index (κ3) is 3.32. The summed E-state index contributed by atoms with van der Waals surface area (Å²) in [5.41, 5.74) is 3.45. The van der Waals surface area contributed by atoms with Crippen molar-refractivity contribution >= 4 is 22.8 Å². The fourth-order valence-corrected chi connectivity index (χ4v) is 4.07. The van der Waals surface area contributed by atoms with Crippen LogP contribution in [0.25, 0.3) is 22.3 Å². The van der Waals surface area contributed by atoms with E-state index in [1.54, 1.807) is 22.1 Å². The first-order valence-electron chi connectivity index (χ1n) is 10.4. The van der Waals surface area contributed by atoms with Gasteiger partial charge in [-0.3, -0.25) is 14.7 Å². The third-order valence-electron chi connectivity index (χ3n) is 6.09. The SMILES string of the molecule is Cc1[nH]nc2ncc(-c3cccc(C(=O)N4CCN(C)C(=O)C4CC4CC4)n3)cc12. The Morgan fingerprint density at radius 1 is 1.27 bits per heavy atom. The number of rotatable bonds is 4. The number of aromatic amines is 1. The zero-order valence-corrected chi connectivity index (χ0v) is 17.1. The summed E-state index contributed by atoms with van der Waals surface area (Å²) in [5.74, 6) is 0.399. The molecular formula is C22H24N6O2. The molecule has 5 rings (SSSR count). The summed E-state index contributed by atoms with van der Waals surface area (Å²) < 4.78 is 0. The van der Waals surface area contributed by atoms with E-state index in [0.717, 1.165) is 35.9 Å². The van der Waals surface area contributed by atoms with Crippen LogP contribution in [0.3, 0.4) is 0 Å². The Morgan fingerprint density at radius 3 is 2.90 bits per heavy atom. The lowest BCUT2D eigenvalue weighted by Crippen LogP contribution is -2.57. The van der Waals surface area contributed by atoms with Crippen molar-refractivity contribution in [3.05, 3.63) is 41.9 Å². The molecule has 154 valence electrons. The molecule has 0 aromatic carbocycles. The Morgan fingerprint density at radius 2 is 2.10 bits per heavy atom. The molecule has 8 nitrogen and oxygen atoms in total. The molecule has 1 saturated carbocycles. The van der Waals surface area contributed by atoms with Gasteiger partial charge in [0.1, 0.15) is 11.7 Å². The molecule has 2 amide bonds. The molecule has 8 heteroatoms. The van der Waals surface area contributed by atoms with Gasteiger partial charge in [0.15, 0.2) is 5.65 Å². The van der Waals surface area contributed by atoms with Crippen LogP contribution in [0.5, 0.6) is 0 Å². The number of nitrogens with zero attached hydrogens (tertiary/aromatic N) is 5. The summed E-state index contributed by atoms with van der Waals surface area (Å²) in [6.45, 7) is 3.02. The maximum Gasteiger partial charge on any atom is 0.273 e. The molecule has 1 N–H and O–H groups in total. The largest absolute Gasteiger partial charge is 0.342 e. The normalized spacial score (nSPS) is 19.5. The van der Waals surface area contributed by atoms with Crippen molar-refractivity contribution in [2.24, 2.45) is 5.92 Å². The molecule has 0 radical (unpaired) electrons. The number of likely N-dealkylation sites (N-methyl/N-ethyl adjacent to an activating group) is 1. The van der Waals surface area contributed by atoms with Crippen LogP contribution in [0.2, 0.25) is 0 Å². The van der Waals surface area contributed by atoms with Crippen molar-refractivity contribution in [2.75, 3.05) is 20.1 Å². The van der Waals surface area contributed by atoms with Crippen molar-refractivity contribution in [1.82, 2.24) is 30.0 Å². The first-order valence-corrected chi connectivity index (χ1v) is 10.4. The van der Waals surface area contributed by atoms with Gasteiger partial charge in [-0.2, -0.15) is 5.10 Å². The standard InChI is InChI=1S/C22H24N6O2/c1-13-16-11-15(12-23-20(16)26-25-13)17-4-3-5-18(24-17)21(29)28-9-8-27(2)22(30)19(28)10-14-6-7-14/h3-5,11-12,14,19H,6-10H2,1-2H3,(H,23,25,26). The number of pyridine rings is 2. The minimum absolute atomic E-state index is 0.0303. The molecule has 30 heavy (non-hydrogen) atoms. The number of fused-ring (bicyclic) bond motifs is 1. The quantitative estimate of drug-likeness (QED) is 0.721. The summed E-state index contributed by atoms with van der Waals surface area (Å²) in [6.07, 6.45) is 4.75. The van der Waals surface area contributed by atoms with E-state index in [9.17, 15) is 9.59 Å². The second-order valence-corrected chi connectivity index (χ2v) is 8.31. The van der Waals surface area contributed by atoms with Crippen molar-refractivity contribution in [1.29, 1.82) is 0 Å². The smallest absolute Gasteiger partial charge is 0.273 e. The van der Waals surface area contributed by atoms with Gasteiger partial charge in [0.05, 0.1) is 5.69 Å². The van der Waals surface area contributed by atoms with Gasteiger partial charge in [-0.25, -0.2) is 9.97 Å². The van der Waals surface area contributed by atoms with Gasteiger partial charge in [0.25, 0.3) is 5.91 Å². The number of carbonyl (C=O) groups is 2. The molecule has 1 aliphatic heterocycles. The van der Waals surface area contributed by atoms with Crippen LogP contribution in [0.15, 0.2) is 30.5 Å². The lowest BCUT2D eigenvalue weighted by Gasteiger charge is -2.39. The molecule has 3 aromatic rings. The highest BCUT2D eigenvalue weighted by Gasteiger charge is 2.40. The van der Waals surface area contributed by atoms with Crippen molar-refractivity contribution < 1.29 is 9.59 Å². The molecule has 1 aliphatic carbocycles. The summed E-state index contributed by atoms with van der Waals surface area (Å²) in [5, 5.41) is 8.02. The van der Waals surface area contributed by atoms with Gasteiger partial charge in [0.2, 0.25) is 5.91 Å². The van der Waals surface area contributed by atoms with Gasteiger partial charge >= 0.3 is 0 Å². The monoisotopic (exact) mass is 404 g/mol. The van der Waals surface area contributed by atoms with E-state index in [0.29, 0.717) is 36.0 Å². The number of H-pyrrole nitrogens is 1. The van der Waals surface area contributed by atoms with Gasteiger partial charge in [0, 0.05) is 43.0 Å². The lowest BCUT2D eigenvalue weighted by molar-refractivity contribution is -0.139. The Bertz CT molecular complexity index is 1140. The van der Waals surface area contributed by atoms with E-state index < -0.39 is 0 Å². The predicted molar refractivity (Wildman–Crippen MR) is 112 cm³/mol. The first-order chi connectivity index (χ1) is 14.5. The van der Waals surface area contributed by atoms with Gasteiger partial charge < -0.3 is 9.80 Å². The average molecular weight is 404 g/mol. The maximum absolute atomic E-state index is 13.3. The first kappa shape index (κ1) is 18.7. The highest BCUT2D eigenvalue weighted by molar-refractivity contribution is 5.97. The second kappa shape index (κ2) is 7.19. The number of aryl methyl sites for hydroxylation is 1. The van der Waals surface area contributed by atoms with Gasteiger partial charge in [-0.15, -0.1) is 0 Å². The number of nitrogens with one attached hydrogen (secondary N) is 1. The molecule has 2 fully saturated rings. The Balaban J connectivity index is 1.45. The number of carbonyl (C=O) groups excluding carboxylic acids is 2. The summed E-state index contributed by atoms with van der Waals surface area (Å²) in [4.78, 5) is 38.5. The zero-order chi connectivity index (χ0) is 20.8. The third-order valence-corrected chi connectivity index (χ3v) is 6.09. The molecular weight excluding hydrogens is 380 g/mol. The minimum Gasteiger partial charge on any atom is -0.342 e. The van der Waals surface area contributed by atoms with E-state index in [4.69, 9.17) is 0 Å². The Labute approximate surface area is 174 Å². The van der Waals surface area contributed by atoms with E-state index in [1.165, 1.54) is 0 Å². The molecule has 4 heterocycles. The highest BCUT2D eigenvalue weighted by Crippen LogP contribution is 2.36. The molecule has 3 aromatic heterocycles. The predicted octanol–water partition coefficient (Wildman–Crippen LogP) is 2.41. The van der Waals surface area contributed by atoms with Crippen LogP contribution in [-0.2, 0) is 4.79 Å². The minimum atomic E-state index is -0.388. The van der Waals surface area contributed by atoms with Crippen LogP contribution in [0, 0.1) is 12.8 Å². The molecule has 2 aliphatic rings. The Hall–Kier alpha value is -3.29.